The Bertz CT molecular complexity index is 1380. The van der Waals surface area contributed by atoms with Crippen LogP contribution in [0.25, 0.3) is 11.0 Å². The molecule has 0 unspecified atom stereocenters. The third-order valence-corrected chi connectivity index (χ3v) is 9.09. The predicted molar refractivity (Wildman–Crippen MR) is 129 cm³/mol. The number of sulfonamides is 1. The van der Waals surface area contributed by atoms with Gasteiger partial charge in [-0.2, -0.15) is 4.31 Å². The van der Waals surface area contributed by atoms with Gasteiger partial charge in [0.2, 0.25) is 10.0 Å². The van der Waals surface area contributed by atoms with E-state index in [0.717, 1.165) is 35.8 Å². The molecule has 0 spiro atoms. The van der Waals surface area contributed by atoms with Crippen LogP contribution >= 0.6 is 11.6 Å². The number of aryl methyl sites for hydroxylation is 3. The highest BCUT2D eigenvalue weighted by Crippen LogP contribution is 2.28. The van der Waals surface area contributed by atoms with Crippen LogP contribution in [0.3, 0.4) is 0 Å². The van der Waals surface area contributed by atoms with Crippen molar-refractivity contribution in [2.75, 3.05) is 26.2 Å². The SMILES string of the molecule is Cc1cc2oc(=O)cc(CN3CCN(S(=O)(=O)c4ccc5c(c4)CCCC5)CC3)c2cc1Cl. The molecular weight excluding hydrogens is 460 g/mol. The summed E-state index contributed by atoms with van der Waals surface area (Å²) in [5.74, 6) is 0. The van der Waals surface area contributed by atoms with Gasteiger partial charge in [0, 0.05) is 49.2 Å². The summed E-state index contributed by atoms with van der Waals surface area (Å²) in [7, 11) is -3.52. The number of halogens is 1. The third-order valence-electron chi connectivity index (χ3n) is 6.79. The lowest BCUT2D eigenvalue weighted by atomic mass is 9.92. The Morgan fingerprint density at radius 3 is 2.45 bits per heavy atom. The number of hydrogen-bond donors (Lipinski definition) is 0. The number of hydrogen-bond acceptors (Lipinski definition) is 5. The molecule has 0 radical (unpaired) electrons. The summed E-state index contributed by atoms with van der Waals surface area (Å²) in [4.78, 5) is 14.6. The number of rotatable bonds is 4. The third kappa shape index (κ3) is 4.47. The summed E-state index contributed by atoms with van der Waals surface area (Å²) >= 11 is 6.31. The summed E-state index contributed by atoms with van der Waals surface area (Å²) in [6.07, 6.45) is 4.28. The molecule has 1 aromatic heterocycles. The van der Waals surface area contributed by atoms with Gasteiger partial charge in [-0.15, -0.1) is 0 Å². The molecule has 174 valence electrons. The van der Waals surface area contributed by atoms with Crippen molar-refractivity contribution in [1.29, 1.82) is 0 Å². The average molecular weight is 487 g/mol. The van der Waals surface area contributed by atoms with Crippen LogP contribution in [0.5, 0.6) is 0 Å². The zero-order valence-corrected chi connectivity index (χ0v) is 20.2. The van der Waals surface area contributed by atoms with E-state index < -0.39 is 15.6 Å². The van der Waals surface area contributed by atoms with E-state index in [0.29, 0.717) is 48.2 Å². The van der Waals surface area contributed by atoms with Gasteiger partial charge in [0.15, 0.2) is 0 Å². The molecular formula is C25H27ClN2O4S. The summed E-state index contributed by atoms with van der Waals surface area (Å²) in [5, 5.41) is 1.44. The molecule has 2 aromatic carbocycles. The van der Waals surface area contributed by atoms with Gasteiger partial charge in [-0.25, -0.2) is 13.2 Å². The highest BCUT2D eigenvalue weighted by Gasteiger charge is 2.29. The van der Waals surface area contributed by atoms with Gasteiger partial charge >= 0.3 is 5.63 Å². The molecule has 3 aromatic rings. The van der Waals surface area contributed by atoms with E-state index >= 15 is 0 Å². The lowest BCUT2D eigenvalue weighted by molar-refractivity contribution is 0.182. The van der Waals surface area contributed by atoms with Gasteiger partial charge in [-0.05, 0) is 79.1 Å². The molecule has 0 atom stereocenters. The van der Waals surface area contributed by atoms with Crippen LogP contribution in [-0.4, -0.2) is 43.8 Å². The van der Waals surface area contributed by atoms with Crippen LogP contribution in [-0.2, 0) is 29.4 Å². The largest absolute Gasteiger partial charge is 0.423 e. The Labute approximate surface area is 198 Å². The molecule has 0 saturated carbocycles. The molecule has 5 rings (SSSR count). The lowest BCUT2D eigenvalue weighted by Crippen LogP contribution is -2.48. The van der Waals surface area contributed by atoms with E-state index in [1.54, 1.807) is 16.4 Å². The molecule has 0 N–H and O–H groups in total. The quantitative estimate of drug-likeness (QED) is 0.518. The van der Waals surface area contributed by atoms with E-state index in [1.807, 2.05) is 25.1 Å². The van der Waals surface area contributed by atoms with Crippen LogP contribution in [0.2, 0.25) is 5.02 Å². The van der Waals surface area contributed by atoms with Crippen molar-refractivity contribution in [2.45, 2.75) is 44.0 Å². The minimum absolute atomic E-state index is 0.396. The second kappa shape index (κ2) is 8.87. The fraction of sp³-hybridized carbons (Fsp3) is 0.400. The second-order valence-electron chi connectivity index (χ2n) is 9.01. The Kier molecular flexibility index (Phi) is 6.07. The number of piperazine rings is 1. The smallest absolute Gasteiger partial charge is 0.336 e. The highest BCUT2D eigenvalue weighted by molar-refractivity contribution is 7.89. The molecule has 1 aliphatic heterocycles. The fourth-order valence-corrected chi connectivity index (χ4v) is 6.50. The highest BCUT2D eigenvalue weighted by atomic mass is 35.5. The predicted octanol–water partition coefficient (Wildman–Crippen LogP) is 4.14. The van der Waals surface area contributed by atoms with Gasteiger partial charge < -0.3 is 4.42 Å². The molecule has 8 heteroatoms. The summed E-state index contributed by atoms with van der Waals surface area (Å²) in [6, 6.07) is 10.7. The van der Waals surface area contributed by atoms with Crippen molar-refractivity contribution < 1.29 is 12.8 Å². The molecule has 6 nitrogen and oxygen atoms in total. The molecule has 0 bridgehead atoms. The lowest BCUT2D eigenvalue weighted by Gasteiger charge is -2.34. The van der Waals surface area contributed by atoms with Gasteiger partial charge in [0.05, 0.1) is 4.90 Å². The van der Waals surface area contributed by atoms with Gasteiger partial charge in [-0.1, -0.05) is 17.7 Å². The maximum absolute atomic E-state index is 13.3. The molecule has 1 fully saturated rings. The Hall–Kier alpha value is -2.19. The van der Waals surface area contributed by atoms with E-state index in [9.17, 15) is 13.2 Å². The van der Waals surface area contributed by atoms with Crippen LogP contribution in [0.4, 0.5) is 0 Å². The fourth-order valence-electron chi connectivity index (χ4n) is 4.87. The van der Waals surface area contributed by atoms with Crippen molar-refractivity contribution in [2.24, 2.45) is 0 Å². The maximum atomic E-state index is 13.3. The molecule has 33 heavy (non-hydrogen) atoms. The van der Waals surface area contributed by atoms with Gasteiger partial charge in [0.1, 0.15) is 5.58 Å². The maximum Gasteiger partial charge on any atom is 0.336 e. The Morgan fingerprint density at radius 1 is 0.970 bits per heavy atom. The van der Waals surface area contributed by atoms with Crippen molar-refractivity contribution >= 4 is 32.6 Å². The first-order valence-electron chi connectivity index (χ1n) is 11.4. The molecule has 1 saturated heterocycles. The minimum Gasteiger partial charge on any atom is -0.423 e. The average Bonchev–Trinajstić information content (AvgIpc) is 2.80. The zero-order valence-electron chi connectivity index (χ0n) is 18.6. The van der Waals surface area contributed by atoms with Crippen molar-refractivity contribution in [3.63, 3.8) is 0 Å². The van der Waals surface area contributed by atoms with Crippen LogP contribution in [0.15, 0.2) is 50.5 Å². The standard InChI is InChI=1S/C25H27ClN2O4S/c1-17-12-24-22(15-23(17)26)20(14-25(29)32-24)16-27-8-10-28(11-9-27)33(30,31)21-7-6-18-4-2-3-5-19(18)13-21/h6-7,12-15H,2-5,8-11,16H2,1H3. The first kappa shape index (κ1) is 22.6. The molecule has 2 heterocycles. The van der Waals surface area contributed by atoms with Crippen molar-refractivity contribution in [1.82, 2.24) is 9.21 Å². The summed E-state index contributed by atoms with van der Waals surface area (Å²) < 4.78 is 33.5. The van der Waals surface area contributed by atoms with Crippen LogP contribution in [0, 0.1) is 6.92 Å². The minimum atomic E-state index is -3.52. The Morgan fingerprint density at radius 2 is 1.70 bits per heavy atom. The molecule has 1 aliphatic carbocycles. The van der Waals surface area contributed by atoms with Crippen LogP contribution in [0.1, 0.15) is 35.1 Å². The molecule has 2 aliphatic rings. The monoisotopic (exact) mass is 486 g/mol. The second-order valence-corrected chi connectivity index (χ2v) is 11.4. The van der Waals surface area contributed by atoms with E-state index in [-0.39, 0.29) is 0 Å². The van der Waals surface area contributed by atoms with Gasteiger partial charge in [-0.3, -0.25) is 4.90 Å². The normalized spacial score (nSPS) is 17.9. The van der Waals surface area contributed by atoms with E-state index in [2.05, 4.69) is 4.90 Å². The van der Waals surface area contributed by atoms with E-state index in [4.69, 9.17) is 16.0 Å². The Balaban J connectivity index is 1.32. The van der Waals surface area contributed by atoms with Gasteiger partial charge in [0.25, 0.3) is 0 Å². The molecule has 0 amide bonds. The topological polar surface area (TPSA) is 70.8 Å². The van der Waals surface area contributed by atoms with Crippen LogP contribution < -0.4 is 5.63 Å². The number of benzene rings is 2. The first-order chi connectivity index (χ1) is 15.8. The first-order valence-corrected chi connectivity index (χ1v) is 13.2. The number of nitrogens with zero attached hydrogens (tertiary/aromatic N) is 2. The number of fused-ring (bicyclic) bond motifs is 2. The summed E-state index contributed by atoms with van der Waals surface area (Å²) in [5.41, 5.74) is 4.27. The van der Waals surface area contributed by atoms with Crippen molar-refractivity contribution in [3.8, 4) is 0 Å². The van der Waals surface area contributed by atoms with E-state index in [1.165, 1.54) is 23.6 Å². The van der Waals surface area contributed by atoms with Crippen molar-refractivity contribution in [3.05, 3.63) is 74.1 Å². The summed E-state index contributed by atoms with van der Waals surface area (Å²) in [6.45, 7) is 4.42. The zero-order chi connectivity index (χ0) is 23.2.